The molecule has 4 nitrogen and oxygen atoms in total. The first kappa shape index (κ1) is 13.7. The van der Waals surface area contributed by atoms with Gasteiger partial charge in [0.1, 0.15) is 11.6 Å². The van der Waals surface area contributed by atoms with E-state index in [1.807, 2.05) is 0 Å². The number of hydrogen-bond donors (Lipinski definition) is 2. The van der Waals surface area contributed by atoms with Crippen LogP contribution in [0, 0.1) is 0 Å². The standard InChI is InChI=1S/C11H9BrF3N3O/c1-18-10(16)6(4-17-18)5-2-7(11(13,14)15)9(19)8(12)3-5/h2-4,19H,16H2,1H3. The average Bonchev–Trinajstić information content (AvgIpc) is 2.62. The zero-order chi connectivity index (χ0) is 14.4. The second kappa shape index (κ2) is 4.44. The summed E-state index contributed by atoms with van der Waals surface area (Å²) >= 11 is 2.90. The molecular weight excluding hydrogens is 327 g/mol. The maximum Gasteiger partial charge on any atom is 0.420 e. The zero-order valence-electron chi connectivity index (χ0n) is 9.66. The van der Waals surface area contributed by atoms with E-state index in [4.69, 9.17) is 5.73 Å². The number of halogens is 4. The van der Waals surface area contributed by atoms with Gasteiger partial charge in [0.2, 0.25) is 0 Å². The van der Waals surface area contributed by atoms with Gasteiger partial charge >= 0.3 is 6.18 Å². The monoisotopic (exact) mass is 335 g/mol. The third-order valence-electron chi connectivity index (χ3n) is 2.66. The molecule has 0 amide bonds. The van der Waals surface area contributed by atoms with Crippen LogP contribution in [0.5, 0.6) is 5.75 Å². The Kier molecular flexibility index (Phi) is 3.21. The van der Waals surface area contributed by atoms with Crippen molar-refractivity contribution in [3.63, 3.8) is 0 Å². The number of benzene rings is 1. The van der Waals surface area contributed by atoms with Crippen molar-refractivity contribution >= 4 is 21.7 Å². The van der Waals surface area contributed by atoms with Crippen LogP contribution in [0.25, 0.3) is 11.1 Å². The first-order valence-corrected chi connectivity index (χ1v) is 5.88. The normalized spacial score (nSPS) is 11.8. The van der Waals surface area contributed by atoms with Gasteiger partial charge in [0, 0.05) is 12.6 Å². The zero-order valence-corrected chi connectivity index (χ0v) is 11.2. The van der Waals surface area contributed by atoms with Crippen molar-refractivity contribution in [2.75, 3.05) is 5.73 Å². The van der Waals surface area contributed by atoms with Crippen LogP contribution in [0.3, 0.4) is 0 Å². The molecule has 0 spiro atoms. The van der Waals surface area contributed by atoms with E-state index in [9.17, 15) is 18.3 Å². The van der Waals surface area contributed by atoms with Gasteiger partial charge in [0.25, 0.3) is 0 Å². The van der Waals surface area contributed by atoms with Gasteiger partial charge in [-0.2, -0.15) is 18.3 Å². The molecule has 0 atom stereocenters. The quantitative estimate of drug-likeness (QED) is 0.841. The SMILES string of the molecule is Cn1ncc(-c2cc(Br)c(O)c(C(F)(F)F)c2)c1N. The summed E-state index contributed by atoms with van der Waals surface area (Å²) in [6.45, 7) is 0. The van der Waals surface area contributed by atoms with Crippen molar-refractivity contribution < 1.29 is 18.3 Å². The van der Waals surface area contributed by atoms with Gasteiger partial charge in [0.15, 0.2) is 0 Å². The molecule has 0 bridgehead atoms. The van der Waals surface area contributed by atoms with Gasteiger partial charge in [-0.25, -0.2) is 0 Å². The lowest BCUT2D eigenvalue weighted by molar-refractivity contribution is -0.138. The average molecular weight is 336 g/mol. The van der Waals surface area contributed by atoms with Gasteiger partial charge in [-0.05, 0) is 33.6 Å². The third-order valence-corrected chi connectivity index (χ3v) is 3.27. The topological polar surface area (TPSA) is 64.1 Å². The van der Waals surface area contributed by atoms with E-state index in [-0.39, 0.29) is 15.9 Å². The van der Waals surface area contributed by atoms with Crippen LogP contribution >= 0.6 is 15.9 Å². The van der Waals surface area contributed by atoms with E-state index in [0.717, 1.165) is 6.07 Å². The van der Waals surface area contributed by atoms with Crippen molar-refractivity contribution in [2.45, 2.75) is 6.18 Å². The van der Waals surface area contributed by atoms with E-state index >= 15 is 0 Å². The third kappa shape index (κ3) is 2.40. The van der Waals surface area contributed by atoms with Gasteiger partial charge in [-0.1, -0.05) is 0 Å². The lowest BCUT2D eigenvalue weighted by atomic mass is 10.0. The fourth-order valence-corrected chi connectivity index (χ4v) is 2.10. The maximum atomic E-state index is 12.8. The minimum Gasteiger partial charge on any atom is -0.506 e. The molecule has 3 N–H and O–H groups in total. The number of alkyl halides is 3. The molecule has 0 saturated heterocycles. The van der Waals surface area contributed by atoms with Crippen LogP contribution in [-0.4, -0.2) is 14.9 Å². The number of phenols is 1. The number of rotatable bonds is 1. The number of aromatic hydroxyl groups is 1. The highest BCUT2D eigenvalue weighted by Crippen LogP contribution is 2.43. The predicted octanol–water partition coefficient (Wildman–Crippen LogP) is 3.16. The van der Waals surface area contributed by atoms with E-state index in [1.54, 1.807) is 7.05 Å². The Morgan fingerprint density at radius 1 is 1.37 bits per heavy atom. The van der Waals surface area contributed by atoms with Gasteiger partial charge in [0.05, 0.1) is 16.2 Å². The molecule has 0 aliphatic heterocycles. The van der Waals surface area contributed by atoms with Crippen LogP contribution in [0.1, 0.15) is 5.56 Å². The number of phenolic OH excluding ortho intramolecular Hbond substituents is 1. The van der Waals surface area contributed by atoms with Crippen molar-refractivity contribution in [2.24, 2.45) is 7.05 Å². The maximum absolute atomic E-state index is 12.8. The minimum atomic E-state index is -4.65. The second-order valence-electron chi connectivity index (χ2n) is 3.92. The predicted molar refractivity (Wildman–Crippen MR) is 67.4 cm³/mol. The number of hydrogen-bond acceptors (Lipinski definition) is 3. The van der Waals surface area contributed by atoms with Crippen molar-refractivity contribution in [3.05, 3.63) is 28.4 Å². The van der Waals surface area contributed by atoms with E-state index in [2.05, 4.69) is 21.0 Å². The Morgan fingerprint density at radius 3 is 2.47 bits per heavy atom. The summed E-state index contributed by atoms with van der Waals surface area (Å²) in [5.74, 6) is -0.607. The van der Waals surface area contributed by atoms with Crippen molar-refractivity contribution in [3.8, 4) is 16.9 Å². The number of nitrogens with zero attached hydrogens (tertiary/aromatic N) is 2. The Hall–Kier alpha value is -1.70. The lowest BCUT2D eigenvalue weighted by Gasteiger charge is -2.12. The van der Waals surface area contributed by atoms with Gasteiger partial charge < -0.3 is 10.8 Å². The molecule has 19 heavy (non-hydrogen) atoms. The van der Waals surface area contributed by atoms with Crippen LogP contribution in [0.4, 0.5) is 19.0 Å². The molecule has 1 aromatic carbocycles. The Bertz CT molecular complexity index is 637. The van der Waals surface area contributed by atoms with E-state index in [0.29, 0.717) is 5.56 Å². The summed E-state index contributed by atoms with van der Waals surface area (Å²) in [5.41, 5.74) is 5.19. The molecule has 0 unspecified atom stereocenters. The Labute approximate surface area is 114 Å². The summed E-state index contributed by atoms with van der Waals surface area (Å²) in [6.07, 6.45) is -3.28. The summed E-state index contributed by atoms with van der Waals surface area (Å²) in [6, 6.07) is 2.20. The number of nitrogen functional groups attached to an aromatic ring is 1. The minimum absolute atomic E-state index is 0.0550. The summed E-state index contributed by atoms with van der Waals surface area (Å²) in [7, 11) is 1.58. The molecule has 8 heteroatoms. The second-order valence-corrected chi connectivity index (χ2v) is 4.77. The van der Waals surface area contributed by atoms with Crippen LogP contribution < -0.4 is 5.73 Å². The molecule has 0 aliphatic rings. The van der Waals surface area contributed by atoms with Crippen LogP contribution in [0.15, 0.2) is 22.8 Å². The Morgan fingerprint density at radius 2 is 2.00 bits per heavy atom. The molecule has 2 aromatic rings. The molecule has 0 fully saturated rings. The molecular formula is C11H9BrF3N3O. The largest absolute Gasteiger partial charge is 0.506 e. The van der Waals surface area contributed by atoms with E-state index in [1.165, 1.54) is 16.9 Å². The van der Waals surface area contributed by atoms with E-state index < -0.39 is 17.5 Å². The molecule has 2 rings (SSSR count). The molecule has 0 radical (unpaired) electrons. The highest BCUT2D eigenvalue weighted by Gasteiger charge is 2.35. The van der Waals surface area contributed by atoms with Crippen LogP contribution in [0.2, 0.25) is 0 Å². The lowest BCUT2D eigenvalue weighted by Crippen LogP contribution is -2.06. The molecule has 102 valence electrons. The summed E-state index contributed by atoms with van der Waals surface area (Å²) < 4.78 is 39.7. The van der Waals surface area contributed by atoms with Crippen LogP contribution in [-0.2, 0) is 13.2 Å². The molecule has 1 aromatic heterocycles. The summed E-state index contributed by atoms with van der Waals surface area (Å²) in [4.78, 5) is 0. The first-order chi connectivity index (χ1) is 8.71. The molecule has 0 aliphatic carbocycles. The number of aryl methyl sites for hydroxylation is 1. The van der Waals surface area contributed by atoms with Gasteiger partial charge in [-0.3, -0.25) is 4.68 Å². The first-order valence-electron chi connectivity index (χ1n) is 5.09. The number of nitrogens with two attached hydrogens (primary N) is 1. The fraction of sp³-hybridized carbons (Fsp3) is 0.182. The van der Waals surface area contributed by atoms with Gasteiger partial charge in [-0.15, -0.1) is 0 Å². The van der Waals surface area contributed by atoms with Crippen molar-refractivity contribution in [1.29, 1.82) is 0 Å². The fourth-order valence-electron chi connectivity index (χ4n) is 1.64. The number of aromatic nitrogens is 2. The molecule has 0 saturated carbocycles. The highest BCUT2D eigenvalue weighted by atomic mass is 79.9. The molecule has 1 heterocycles. The summed E-state index contributed by atoms with van der Waals surface area (Å²) in [5, 5.41) is 13.3. The highest BCUT2D eigenvalue weighted by molar-refractivity contribution is 9.10. The smallest absolute Gasteiger partial charge is 0.420 e. The Balaban J connectivity index is 2.67. The van der Waals surface area contributed by atoms with Crippen molar-refractivity contribution in [1.82, 2.24) is 9.78 Å². The number of anilines is 1.